The van der Waals surface area contributed by atoms with Gasteiger partial charge in [0.05, 0.1) is 5.92 Å². The SMILES string of the molecule is Cc1cc(NC(=O)[C@H]2CCCN(C)C2)ccc1Br. The number of nitrogens with zero attached hydrogens (tertiary/aromatic N) is 1. The minimum Gasteiger partial charge on any atom is -0.326 e. The molecular weight excluding hydrogens is 292 g/mol. The lowest BCUT2D eigenvalue weighted by Crippen LogP contribution is -2.38. The highest BCUT2D eigenvalue weighted by atomic mass is 79.9. The Morgan fingerprint density at radius 1 is 1.50 bits per heavy atom. The summed E-state index contributed by atoms with van der Waals surface area (Å²) in [7, 11) is 2.07. The average molecular weight is 311 g/mol. The van der Waals surface area contributed by atoms with E-state index in [9.17, 15) is 4.79 Å². The number of hydrogen-bond acceptors (Lipinski definition) is 2. The van der Waals surface area contributed by atoms with Crippen LogP contribution in [-0.2, 0) is 4.79 Å². The monoisotopic (exact) mass is 310 g/mol. The van der Waals surface area contributed by atoms with Gasteiger partial charge in [-0.2, -0.15) is 0 Å². The van der Waals surface area contributed by atoms with Crippen LogP contribution in [0.15, 0.2) is 22.7 Å². The van der Waals surface area contributed by atoms with Crippen LogP contribution in [0.4, 0.5) is 5.69 Å². The van der Waals surface area contributed by atoms with Crippen LogP contribution >= 0.6 is 15.9 Å². The molecule has 1 aromatic carbocycles. The largest absolute Gasteiger partial charge is 0.326 e. The Bertz CT molecular complexity index is 447. The molecule has 1 atom stereocenters. The van der Waals surface area contributed by atoms with Crippen molar-refractivity contribution < 1.29 is 4.79 Å². The molecule has 0 spiro atoms. The van der Waals surface area contributed by atoms with Crippen LogP contribution < -0.4 is 5.32 Å². The number of carbonyl (C=O) groups is 1. The zero-order valence-corrected chi connectivity index (χ0v) is 12.5. The molecule has 4 heteroatoms. The fourth-order valence-electron chi connectivity index (χ4n) is 2.35. The summed E-state index contributed by atoms with van der Waals surface area (Å²) in [6, 6.07) is 5.90. The molecule has 0 unspecified atom stereocenters. The highest BCUT2D eigenvalue weighted by Crippen LogP contribution is 2.22. The van der Waals surface area contributed by atoms with Crippen LogP contribution in [0.3, 0.4) is 0 Å². The molecule has 0 aliphatic carbocycles. The molecule has 98 valence electrons. The van der Waals surface area contributed by atoms with Crippen molar-refractivity contribution in [3.8, 4) is 0 Å². The zero-order chi connectivity index (χ0) is 13.1. The van der Waals surface area contributed by atoms with Crippen molar-refractivity contribution in [1.29, 1.82) is 0 Å². The predicted octanol–water partition coefficient (Wildman–Crippen LogP) is 3.04. The molecule has 0 aromatic heterocycles. The number of amides is 1. The van der Waals surface area contributed by atoms with E-state index in [1.54, 1.807) is 0 Å². The molecule has 1 aliphatic rings. The quantitative estimate of drug-likeness (QED) is 0.910. The normalized spacial score (nSPS) is 20.7. The summed E-state index contributed by atoms with van der Waals surface area (Å²) in [6.07, 6.45) is 2.10. The lowest BCUT2D eigenvalue weighted by atomic mass is 9.97. The molecule has 1 heterocycles. The second kappa shape index (κ2) is 5.85. The lowest BCUT2D eigenvalue weighted by molar-refractivity contribution is -0.121. The maximum absolute atomic E-state index is 12.2. The van der Waals surface area contributed by atoms with Crippen molar-refractivity contribution in [2.75, 3.05) is 25.5 Å². The van der Waals surface area contributed by atoms with Gasteiger partial charge in [0.1, 0.15) is 0 Å². The highest BCUT2D eigenvalue weighted by molar-refractivity contribution is 9.10. The summed E-state index contributed by atoms with van der Waals surface area (Å²) < 4.78 is 1.07. The van der Waals surface area contributed by atoms with E-state index >= 15 is 0 Å². The van der Waals surface area contributed by atoms with Crippen LogP contribution in [0.1, 0.15) is 18.4 Å². The molecule has 1 aliphatic heterocycles. The minimum atomic E-state index is 0.118. The number of halogens is 1. The standard InChI is InChI=1S/C14H19BrN2O/c1-10-8-12(5-6-13(10)15)16-14(18)11-4-3-7-17(2)9-11/h5-6,8,11H,3-4,7,9H2,1-2H3,(H,16,18)/t11-/m0/s1. The van der Waals surface area contributed by atoms with E-state index in [2.05, 4.69) is 33.2 Å². The summed E-state index contributed by atoms with van der Waals surface area (Å²) in [5.41, 5.74) is 2.02. The summed E-state index contributed by atoms with van der Waals surface area (Å²) in [5, 5.41) is 3.01. The van der Waals surface area contributed by atoms with Crippen LogP contribution in [0.25, 0.3) is 0 Å². The highest BCUT2D eigenvalue weighted by Gasteiger charge is 2.23. The number of likely N-dealkylation sites (tertiary alicyclic amines) is 1. The molecule has 1 saturated heterocycles. The van der Waals surface area contributed by atoms with Gasteiger partial charge in [0, 0.05) is 16.7 Å². The second-order valence-electron chi connectivity index (χ2n) is 5.05. The third-order valence-corrected chi connectivity index (χ3v) is 4.31. The molecule has 18 heavy (non-hydrogen) atoms. The van der Waals surface area contributed by atoms with E-state index in [-0.39, 0.29) is 11.8 Å². The van der Waals surface area contributed by atoms with Crippen LogP contribution in [0.2, 0.25) is 0 Å². The third kappa shape index (κ3) is 3.33. The number of carbonyl (C=O) groups excluding carboxylic acids is 1. The maximum atomic E-state index is 12.2. The van der Waals surface area contributed by atoms with Gasteiger partial charge >= 0.3 is 0 Å². The number of rotatable bonds is 2. The van der Waals surface area contributed by atoms with Crippen molar-refractivity contribution in [3.63, 3.8) is 0 Å². The van der Waals surface area contributed by atoms with Gasteiger partial charge in [-0.05, 0) is 57.1 Å². The molecule has 1 amide bonds. The number of anilines is 1. The fraction of sp³-hybridized carbons (Fsp3) is 0.500. The number of nitrogens with one attached hydrogen (secondary N) is 1. The Morgan fingerprint density at radius 2 is 2.28 bits per heavy atom. The molecule has 3 nitrogen and oxygen atoms in total. The Balaban J connectivity index is 2.00. The Morgan fingerprint density at radius 3 is 2.94 bits per heavy atom. The van der Waals surface area contributed by atoms with E-state index in [1.807, 2.05) is 25.1 Å². The first kappa shape index (κ1) is 13.6. The van der Waals surface area contributed by atoms with Crippen LogP contribution in [0.5, 0.6) is 0 Å². The van der Waals surface area contributed by atoms with E-state index in [0.29, 0.717) is 0 Å². The molecule has 1 fully saturated rings. The number of piperidine rings is 1. The molecule has 1 N–H and O–H groups in total. The first-order chi connectivity index (χ1) is 8.56. The Labute approximate surface area is 117 Å². The molecule has 0 saturated carbocycles. The summed E-state index contributed by atoms with van der Waals surface area (Å²) in [6.45, 7) is 3.98. The average Bonchev–Trinajstić information content (AvgIpc) is 2.34. The van der Waals surface area contributed by atoms with E-state index < -0.39 is 0 Å². The smallest absolute Gasteiger partial charge is 0.228 e. The first-order valence-electron chi connectivity index (χ1n) is 6.32. The van der Waals surface area contributed by atoms with Gasteiger partial charge in [-0.1, -0.05) is 15.9 Å². The van der Waals surface area contributed by atoms with E-state index in [0.717, 1.165) is 41.7 Å². The van der Waals surface area contributed by atoms with Gasteiger partial charge in [0.2, 0.25) is 5.91 Å². The van der Waals surface area contributed by atoms with Crippen molar-refractivity contribution >= 4 is 27.5 Å². The molecule has 2 rings (SSSR count). The topological polar surface area (TPSA) is 32.3 Å². The van der Waals surface area contributed by atoms with Gasteiger partial charge in [0.25, 0.3) is 0 Å². The summed E-state index contributed by atoms with van der Waals surface area (Å²) >= 11 is 3.46. The Hall–Kier alpha value is -0.870. The second-order valence-corrected chi connectivity index (χ2v) is 5.91. The molecule has 1 aromatic rings. The zero-order valence-electron chi connectivity index (χ0n) is 10.9. The molecular formula is C14H19BrN2O. The molecule has 0 bridgehead atoms. The summed E-state index contributed by atoms with van der Waals surface area (Å²) in [4.78, 5) is 14.4. The van der Waals surface area contributed by atoms with Crippen molar-refractivity contribution in [2.24, 2.45) is 5.92 Å². The van der Waals surface area contributed by atoms with Gasteiger partial charge in [-0.25, -0.2) is 0 Å². The lowest BCUT2D eigenvalue weighted by Gasteiger charge is -2.28. The minimum absolute atomic E-state index is 0.118. The molecule has 0 radical (unpaired) electrons. The van der Waals surface area contributed by atoms with Crippen molar-refractivity contribution in [3.05, 3.63) is 28.2 Å². The fourth-order valence-corrected chi connectivity index (χ4v) is 2.59. The van der Waals surface area contributed by atoms with E-state index in [1.165, 1.54) is 0 Å². The van der Waals surface area contributed by atoms with Gasteiger partial charge in [-0.3, -0.25) is 4.79 Å². The predicted molar refractivity (Wildman–Crippen MR) is 77.7 cm³/mol. The van der Waals surface area contributed by atoms with E-state index in [4.69, 9.17) is 0 Å². The number of hydrogen-bond donors (Lipinski definition) is 1. The van der Waals surface area contributed by atoms with Crippen LogP contribution in [0, 0.1) is 12.8 Å². The van der Waals surface area contributed by atoms with Crippen LogP contribution in [-0.4, -0.2) is 30.9 Å². The van der Waals surface area contributed by atoms with Gasteiger partial charge < -0.3 is 10.2 Å². The maximum Gasteiger partial charge on any atom is 0.228 e. The van der Waals surface area contributed by atoms with Crippen molar-refractivity contribution in [1.82, 2.24) is 4.90 Å². The van der Waals surface area contributed by atoms with Gasteiger partial charge in [-0.15, -0.1) is 0 Å². The first-order valence-corrected chi connectivity index (χ1v) is 7.11. The third-order valence-electron chi connectivity index (χ3n) is 3.42. The number of aryl methyl sites for hydroxylation is 1. The van der Waals surface area contributed by atoms with Crippen molar-refractivity contribution in [2.45, 2.75) is 19.8 Å². The Kier molecular flexibility index (Phi) is 4.40. The summed E-state index contributed by atoms with van der Waals surface area (Å²) in [5.74, 6) is 0.260. The van der Waals surface area contributed by atoms with Gasteiger partial charge in [0.15, 0.2) is 0 Å². The number of benzene rings is 1.